The summed E-state index contributed by atoms with van der Waals surface area (Å²) in [5.74, 6) is 3.48. The zero-order valence-electron chi connectivity index (χ0n) is 24.4. The van der Waals surface area contributed by atoms with Gasteiger partial charge in [0.1, 0.15) is 0 Å². The Morgan fingerprint density at radius 3 is 2.24 bits per heavy atom. The largest absolute Gasteiger partial charge is 0.330 e. The Labute approximate surface area is 227 Å². The van der Waals surface area contributed by atoms with Crippen molar-refractivity contribution in [1.29, 1.82) is 0 Å². The SMILES string of the molecule is CCc1cc(C(C)(C)C(CCCCCN)c2ccccc2)cc(CC)c1C1C=C(CNC)C2CC1C2C. The number of allylic oxidation sites excluding steroid dienone is 1. The van der Waals surface area contributed by atoms with Gasteiger partial charge in [-0.1, -0.05) is 102 Å². The van der Waals surface area contributed by atoms with Crippen LogP contribution in [0.15, 0.2) is 54.1 Å². The minimum atomic E-state index is 0.0605. The van der Waals surface area contributed by atoms with Gasteiger partial charge in [-0.05, 0) is 103 Å². The average molecular weight is 501 g/mol. The summed E-state index contributed by atoms with van der Waals surface area (Å²) in [5, 5.41) is 3.45. The number of hydrogen-bond donors (Lipinski definition) is 2. The van der Waals surface area contributed by atoms with Crippen molar-refractivity contribution in [2.45, 2.75) is 96.8 Å². The average Bonchev–Trinajstić information content (AvgIpc) is 2.91. The first kappa shape index (κ1) is 28.1. The maximum absolute atomic E-state index is 5.81. The normalized spacial score (nSPS) is 23.9. The molecule has 5 rings (SSSR count). The summed E-state index contributed by atoms with van der Waals surface area (Å²) in [6, 6.07) is 16.5. The number of aryl methyl sites for hydroxylation is 2. The lowest BCUT2D eigenvalue weighted by Crippen LogP contribution is -2.45. The Bertz CT molecular complexity index is 1030. The molecule has 0 radical (unpaired) electrons. The highest BCUT2D eigenvalue weighted by atomic mass is 14.8. The first-order chi connectivity index (χ1) is 17.9. The molecule has 3 aliphatic rings. The van der Waals surface area contributed by atoms with Gasteiger partial charge >= 0.3 is 0 Å². The van der Waals surface area contributed by atoms with Crippen LogP contribution < -0.4 is 11.1 Å². The first-order valence-electron chi connectivity index (χ1n) is 15.1. The van der Waals surface area contributed by atoms with E-state index in [1.807, 2.05) is 0 Å². The van der Waals surface area contributed by atoms with Gasteiger partial charge in [0, 0.05) is 12.5 Å². The number of benzene rings is 2. The Morgan fingerprint density at radius 1 is 1.00 bits per heavy atom. The van der Waals surface area contributed by atoms with Gasteiger partial charge in [-0.25, -0.2) is 0 Å². The molecule has 0 aromatic heterocycles. The topological polar surface area (TPSA) is 38.0 Å². The highest BCUT2D eigenvalue weighted by Gasteiger charge is 2.48. The van der Waals surface area contributed by atoms with Crippen LogP contribution in [0.25, 0.3) is 0 Å². The standard InChI is InChI=1S/C35H52N2/c1-7-25-19-29(35(4,5)33(17-13-10-14-18-36)27-15-11-9-12-16-27)20-26(8-2)34(25)32-21-28(23-37-6)30-22-31(32)24(30)3/h9,11-12,15-16,19-21,24,30-33,37H,7-8,10,13-14,17-18,22-23,36H2,1-6H3. The molecule has 37 heavy (non-hydrogen) atoms. The quantitative estimate of drug-likeness (QED) is 0.217. The van der Waals surface area contributed by atoms with E-state index in [0.717, 1.165) is 50.1 Å². The van der Waals surface area contributed by atoms with Crippen LogP contribution >= 0.6 is 0 Å². The maximum Gasteiger partial charge on any atom is 0.0164 e. The van der Waals surface area contributed by atoms with E-state index >= 15 is 0 Å². The molecule has 5 atom stereocenters. The third-order valence-corrected chi connectivity index (χ3v) is 10.0. The Hall–Kier alpha value is -1.90. The molecule has 1 saturated carbocycles. The molecule has 0 aliphatic heterocycles. The second-order valence-corrected chi connectivity index (χ2v) is 12.4. The first-order valence-corrected chi connectivity index (χ1v) is 15.1. The molecule has 0 heterocycles. The van der Waals surface area contributed by atoms with Gasteiger partial charge < -0.3 is 11.1 Å². The minimum absolute atomic E-state index is 0.0605. The minimum Gasteiger partial charge on any atom is -0.330 e. The zero-order chi connectivity index (χ0) is 26.6. The van der Waals surface area contributed by atoms with Crippen molar-refractivity contribution in [2.24, 2.45) is 23.5 Å². The van der Waals surface area contributed by atoms with E-state index in [4.69, 9.17) is 5.73 Å². The van der Waals surface area contributed by atoms with Gasteiger partial charge in [0.05, 0.1) is 0 Å². The molecule has 0 spiro atoms. The smallest absolute Gasteiger partial charge is 0.0164 e. The molecular weight excluding hydrogens is 448 g/mol. The fourth-order valence-electron chi connectivity index (χ4n) is 7.62. The number of fused-ring (bicyclic) bond motifs is 1. The summed E-state index contributed by atoms with van der Waals surface area (Å²) in [6.45, 7) is 14.0. The molecule has 202 valence electrons. The molecule has 5 unspecified atom stereocenters. The Balaban J connectivity index is 1.74. The van der Waals surface area contributed by atoms with Crippen molar-refractivity contribution >= 4 is 0 Å². The van der Waals surface area contributed by atoms with Crippen LogP contribution in [0.5, 0.6) is 0 Å². The van der Waals surface area contributed by atoms with E-state index in [0.29, 0.717) is 11.8 Å². The van der Waals surface area contributed by atoms with E-state index in [9.17, 15) is 0 Å². The van der Waals surface area contributed by atoms with Crippen LogP contribution in [-0.2, 0) is 18.3 Å². The van der Waals surface area contributed by atoms with Crippen molar-refractivity contribution < 1.29 is 0 Å². The molecule has 0 saturated heterocycles. The maximum atomic E-state index is 5.81. The molecular formula is C35H52N2. The van der Waals surface area contributed by atoms with E-state index in [1.54, 1.807) is 22.3 Å². The fourth-order valence-corrected chi connectivity index (χ4v) is 7.62. The number of nitrogens with two attached hydrogens (primary N) is 1. The predicted molar refractivity (Wildman–Crippen MR) is 160 cm³/mol. The lowest BCUT2D eigenvalue weighted by atomic mass is 9.52. The number of rotatable bonds is 13. The van der Waals surface area contributed by atoms with Crippen molar-refractivity contribution in [3.05, 3.63) is 81.9 Å². The highest BCUT2D eigenvalue weighted by Crippen LogP contribution is 2.57. The fraction of sp³-hybridized carbons (Fsp3) is 0.600. The third-order valence-electron chi connectivity index (χ3n) is 10.0. The van der Waals surface area contributed by atoms with Crippen LogP contribution in [-0.4, -0.2) is 20.1 Å². The van der Waals surface area contributed by atoms with E-state index in [1.165, 1.54) is 36.8 Å². The molecule has 3 N–H and O–H groups in total. The number of likely N-dealkylation sites (N-methyl/N-ethyl adjacent to an activating group) is 1. The van der Waals surface area contributed by atoms with Gasteiger partial charge in [0.15, 0.2) is 0 Å². The monoisotopic (exact) mass is 500 g/mol. The molecule has 2 heteroatoms. The van der Waals surface area contributed by atoms with Crippen molar-refractivity contribution in [2.75, 3.05) is 20.1 Å². The summed E-state index contributed by atoms with van der Waals surface area (Å²) in [7, 11) is 2.09. The molecule has 1 fully saturated rings. The van der Waals surface area contributed by atoms with Crippen LogP contribution in [0.3, 0.4) is 0 Å². The lowest BCUT2D eigenvalue weighted by molar-refractivity contribution is 0.0832. The van der Waals surface area contributed by atoms with Gasteiger partial charge in [-0.2, -0.15) is 0 Å². The van der Waals surface area contributed by atoms with Crippen LogP contribution in [0.1, 0.15) is 106 Å². The Kier molecular flexibility index (Phi) is 9.35. The van der Waals surface area contributed by atoms with Gasteiger partial charge in [0.25, 0.3) is 0 Å². The summed E-state index contributed by atoms with van der Waals surface area (Å²) in [4.78, 5) is 0. The van der Waals surface area contributed by atoms with Crippen molar-refractivity contribution in [3.8, 4) is 0 Å². The number of hydrogen-bond acceptors (Lipinski definition) is 2. The molecule has 3 aliphatic carbocycles. The van der Waals surface area contributed by atoms with Crippen LogP contribution in [0.2, 0.25) is 0 Å². The van der Waals surface area contributed by atoms with Gasteiger partial charge in [-0.15, -0.1) is 0 Å². The molecule has 0 amide bonds. The zero-order valence-corrected chi connectivity index (χ0v) is 24.4. The van der Waals surface area contributed by atoms with Crippen LogP contribution in [0.4, 0.5) is 0 Å². The summed E-state index contributed by atoms with van der Waals surface area (Å²) in [5.41, 5.74) is 15.3. The Morgan fingerprint density at radius 2 is 1.68 bits per heavy atom. The molecule has 2 bridgehead atoms. The molecule has 2 aromatic rings. The second kappa shape index (κ2) is 12.3. The van der Waals surface area contributed by atoms with Gasteiger partial charge in [0.2, 0.25) is 0 Å². The molecule has 2 nitrogen and oxygen atoms in total. The van der Waals surface area contributed by atoms with E-state index in [-0.39, 0.29) is 5.41 Å². The number of nitrogens with one attached hydrogen (secondary N) is 1. The van der Waals surface area contributed by atoms with Crippen molar-refractivity contribution in [3.63, 3.8) is 0 Å². The van der Waals surface area contributed by atoms with Crippen LogP contribution in [0, 0.1) is 17.8 Å². The molecule has 2 aromatic carbocycles. The lowest BCUT2D eigenvalue weighted by Gasteiger charge is -2.53. The van der Waals surface area contributed by atoms with E-state index in [2.05, 4.69) is 95.5 Å². The second-order valence-electron chi connectivity index (χ2n) is 12.4. The van der Waals surface area contributed by atoms with Crippen molar-refractivity contribution in [1.82, 2.24) is 5.32 Å². The van der Waals surface area contributed by atoms with E-state index < -0.39 is 0 Å². The summed E-state index contributed by atoms with van der Waals surface area (Å²) >= 11 is 0. The summed E-state index contributed by atoms with van der Waals surface area (Å²) < 4.78 is 0. The third kappa shape index (κ3) is 5.62. The summed E-state index contributed by atoms with van der Waals surface area (Å²) in [6.07, 6.45) is 11.0. The van der Waals surface area contributed by atoms with Gasteiger partial charge in [-0.3, -0.25) is 0 Å². The highest BCUT2D eigenvalue weighted by molar-refractivity contribution is 5.49. The number of unbranched alkanes of at least 4 members (excludes halogenated alkanes) is 2. The predicted octanol–water partition coefficient (Wildman–Crippen LogP) is 7.91.